The van der Waals surface area contributed by atoms with Crippen LogP contribution in [0.5, 0.6) is 0 Å². The van der Waals surface area contributed by atoms with Gasteiger partial charge in [0.15, 0.2) is 0 Å². The minimum absolute atomic E-state index is 0.171. The van der Waals surface area contributed by atoms with E-state index in [-0.39, 0.29) is 5.91 Å². The van der Waals surface area contributed by atoms with Crippen molar-refractivity contribution in [2.45, 2.75) is 13.3 Å². The Balaban J connectivity index is 1.78. The average Bonchev–Trinajstić information content (AvgIpc) is 2.68. The lowest BCUT2D eigenvalue weighted by Gasteiger charge is -2.32. The van der Waals surface area contributed by atoms with Crippen LogP contribution in [-0.4, -0.2) is 71.0 Å². The maximum Gasteiger partial charge on any atom is 0.252 e. The SMILES string of the molecule is CCc1nc(Nc2ccc(C(=O)NC)cn2)nc(N2CCN(C)CC2)n1. The van der Waals surface area contributed by atoms with Crippen LogP contribution < -0.4 is 15.5 Å². The van der Waals surface area contributed by atoms with Crippen LogP contribution in [0.2, 0.25) is 0 Å². The molecule has 0 spiro atoms. The predicted octanol–water partition coefficient (Wildman–Crippen LogP) is 0.684. The first-order valence-electron chi connectivity index (χ1n) is 8.72. The quantitative estimate of drug-likeness (QED) is 0.807. The number of likely N-dealkylation sites (N-methyl/N-ethyl adjacent to an activating group) is 1. The van der Waals surface area contributed by atoms with Gasteiger partial charge in [0.1, 0.15) is 11.6 Å². The molecule has 2 aromatic rings. The molecule has 138 valence electrons. The second-order valence-electron chi connectivity index (χ2n) is 6.16. The molecule has 1 aliphatic heterocycles. The summed E-state index contributed by atoms with van der Waals surface area (Å²) in [6.07, 6.45) is 2.24. The number of anilines is 3. The molecule has 2 N–H and O–H groups in total. The van der Waals surface area contributed by atoms with Gasteiger partial charge in [-0.2, -0.15) is 15.0 Å². The monoisotopic (exact) mass is 356 g/mol. The normalized spacial score (nSPS) is 15.0. The lowest BCUT2D eigenvalue weighted by molar-refractivity contribution is 0.0963. The van der Waals surface area contributed by atoms with E-state index < -0.39 is 0 Å². The van der Waals surface area contributed by atoms with Crippen molar-refractivity contribution in [3.05, 3.63) is 29.7 Å². The van der Waals surface area contributed by atoms with E-state index in [1.165, 1.54) is 6.20 Å². The van der Waals surface area contributed by atoms with Crippen LogP contribution in [0.25, 0.3) is 0 Å². The largest absolute Gasteiger partial charge is 0.355 e. The van der Waals surface area contributed by atoms with Crippen molar-refractivity contribution in [2.75, 3.05) is 50.5 Å². The molecule has 0 aromatic carbocycles. The van der Waals surface area contributed by atoms with Gasteiger partial charge in [-0.3, -0.25) is 4.79 Å². The summed E-state index contributed by atoms with van der Waals surface area (Å²) >= 11 is 0. The summed E-state index contributed by atoms with van der Waals surface area (Å²) in [5, 5.41) is 5.68. The molecule has 9 nitrogen and oxygen atoms in total. The molecular formula is C17H24N8O. The van der Waals surface area contributed by atoms with Gasteiger partial charge in [0.2, 0.25) is 11.9 Å². The van der Waals surface area contributed by atoms with Crippen molar-refractivity contribution in [1.29, 1.82) is 0 Å². The van der Waals surface area contributed by atoms with E-state index in [1.54, 1.807) is 19.2 Å². The van der Waals surface area contributed by atoms with Gasteiger partial charge in [-0.25, -0.2) is 4.98 Å². The van der Waals surface area contributed by atoms with Crippen LogP contribution in [0.4, 0.5) is 17.7 Å². The number of aromatic nitrogens is 4. The van der Waals surface area contributed by atoms with Crippen LogP contribution in [0.15, 0.2) is 18.3 Å². The number of hydrogen-bond acceptors (Lipinski definition) is 8. The smallest absolute Gasteiger partial charge is 0.252 e. The Morgan fingerprint density at radius 3 is 2.54 bits per heavy atom. The molecule has 1 fully saturated rings. The van der Waals surface area contributed by atoms with Crippen LogP contribution in [-0.2, 0) is 6.42 Å². The molecule has 3 heterocycles. The zero-order valence-electron chi connectivity index (χ0n) is 15.4. The van der Waals surface area contributed by atoms with Crippen molar-refractivity contribution in [2.24, 2.45) is 0 Å². The summed E-state index contributed by atoms with van der Waals surface area (Å²) in [7, 11) is 3.70. The van der Waals surface area contributed by atoms with Crippen molar-refractivity contribution in [3.63, 3.8) is 0 Å². The van der Waals surface area contributed by atoms with Crippen LogP contribution in [0, 0.1) is 0 Å². The number of aryl methyl sites for hydroxylation is 1. The Hall–Kier alpha value is -2.81. The minimum atomic E-state index is -0.171. The van der Waals surface area contributed by atoms with E-state index in [4.69, 9.17) is 0 Å². The Morgan fingerprint density at radius 1 is 1.15 bits per heavy atom. The van der Waals surface area contributed by atoms with Gasteiger partial charge in [0.25, 0.3) is 5.91 Å². The lowest BCUT2D eigenvalue weighted by Crippen LogP contribution is -2.45. The van der Waals surface area contributed by atoms with E-state index in [2.05, 4.69) is 47.4 Å². The Bertz CT molecular complexity index is 756. The van der Waals surface area contributed by atoms with E-state index in [0.29, 0.717) is 23.3 Å². The molecule has 26 heavy (non-hydrogen) atoms. The van der Waals surface area contributed by atoms with Crippen molar-refractivity contribution < 1.29 is 4.79 Å². The topological polar surface area (TPSA) is 99.2 Å². The number of rotatable bonds is 5. The Kier molecular flexibility index (Phi) is 5.57. The van der Waals surface area contributed by atoms with Gasteiger partial charge in [-0.15, -0.1) is 0 Å². The van der Waals surface area contributed by atoms with E-state index in [1.807, 2.05) is 6.92 Å². The maximum atomic E-state index is 11.6. The zero-order chi connectivity index (χ0) is 18.5. The lowest BCUT2D eigenvalue weighted by atomic mass is 10.2. The molecule has 1 saturated heterocycles. The predicted molar refractivity (Wildman–Crippen MR) is 99.8 cm³/mol. The first kappa shape index (κ1) is 18.0. The van der Waals surface area contributed by atoms with Crippen molar-refractivity contribution in [1.82, 2.24) is 30.2 Å². The van der Waals surface area contributed by atoms with Crippen molar-refractivity contribution >= 4 is 23.6 Å². The van der Waals surface area contributed by atoms with Gasteiger partial charge in [-0.1, -0.05) is 6.92 Å². The van der Waals surface area contributed by atoms with E-state index >= 15 is 0 Å². The molecule has 0 atom stereocenters. The summed E-state index contributed by atoms with van der Waals surface area (Å²) in [6, 6.07) is 3.44. The standard InChI is InChI=1S/C17H24N8O/c1-4-13-20-16(21-14-6-5-12(11-19-14)15(26)18-2)23-17(22-13)25-9-7-24(3)8-10-25/h5-6,11H,4,7-10H2,1-3H3,(H,18,26)(H,19,20,21,22,23). The number of carbonyl (C=O) groups is 1. The fraction of sp³-hybridized carbons (Fsp3) is 0.471. The van der Waals surface area contributed by atoms with Crippen LogP contribution >= 0.6 is 0 Å². The number of piperazine rings is 1. The molecule has 0 unspecified atom stereocenters. The number of nitrogens with zero attached hydrogens (tertiary/aromatic N) is 6. The highest BCUT2D eigenvalue weighted by Gasteiger charge is 2.18. The summed E-state index contributed by atoms with van der Waals surface area (Å²) in [5.41, 5.74) is 0.501. The van der Waals surface area contributed by atoms with Crippen LogP contribution in [0.3, 0.4) is 0 Å². The minimum Gasteiger partial charge on any atom is -0.355 e. The zero-order valence-corrected chi connectivity index (χ0v) is 15.4. The summed E-state index contributed by atoms with van der Waals surface area (Å²) in [5.74, 6) is 2.30. The average molecular weight is 356 g/mol. The van der Waals surface area contributed by atoms with Crippen molar-refractivity contribution in [3.8, 4) is 0 Å². The van der Waals surface area contributed by atoms with Gasteiger partial charge < -0.3 is 20.4 Å². The number of pyridine rings is 1. The molecule has 0 radical (unpaired) electrons. The molecule has 2 aromatic heterocycles. The summed E-state index contributed by atoms with van der Waals surface area (Å²) < 4.78 is 0. The molecular weight excluding hydrogens is 332 g/mol. The number of amides is 1. The number of carbonyl (C=O) groups excluding carboxylic acids is 1. The third-order valence-corrected chi connectivity index (χ3v) is 4.26. The highest BCUT2D eigenvalue weighted by atomic mass is 16.1. The molecule has 1 amide bonds. The molecule has 0 aliphatic carbocycles. The first-order valence-corrected chi connectivity index (χ1v) is 8.72. The molecule has 3 rings (SSSR count). The number of hydrogen-bond donors (Lipinski definition) is 2. The Labute approximate surface area is 152 Å². The van der Waals surface area contributed by atoms with Gasteiger partial charge in [-0.05, 0) is 19.2 Å². The third-order valence-electron chi connectivity index (χ3n) is 4.26. The number of nitrogens with one attached hydrogen (secondary N) is 2. The van der Waals surface area contributed by atoms with Gasteiger partial charge in [0.05, 0.1) is 5.56 Å². The third kappa shape index (κ3) is 4.23. The Morgan fingerprint density at radius 2 is 1.92 bits per heavy atom. The summed E-state index contributed by atoms with van der Waals surface area (Å²) in [4.78, 5) is 33.9. The fourth-order valence-corrected chi connectivity index (χ4v) is 2.63. The van der Waals surface area contributed by atoms with E-state index in [9.17, 15) is 4.79 Å². The second kappa shape index (κ2) is 8.05. The molecule has 0 bridgehead atoms. The second-order valence-corrected chi connectivity index (χ2v) is 6.16. The molecule has 0 saturated carbocycles. The highest BCUT2D eigenvalue weighted by Crippen LogP contribution is 2.16. The highest BCUT2D eigenvalue weighted by molar-refractivity contribution is 5.93. The van der Waals surface area contributed by atoms with Gasteiger partial charge in [0, 0.05) is 45.8 Å². The first-order chi connectivity index (χ1) is 12.6. The summed E-state index contributed by atoms with van der Waals surface area (Å²) in [6.45, 7) is 5.77. The maximum absolute atomic E-state index is 11.6. The fourth-order valence-electron chi connectivity index (χ4n) is 2.63. The molecule has 9 heteroatoms. The van der Waals surface area contributed by atoms with E-state index in [0.717, 1.165) is 38.4 Å². The molecule has 1 aliphatic rings. The van der Waals surface area contributed by atoms with Gasteiger partial charge >= 0.3 is 0 Å². The van der Waals surface area contributed by atoms with Crippen LogP contribution in [0.1, 0.15) is 23.1 Å².